The monoisotopic (exact) mass is 347 g/mol. The van der Waals surface area contributed by atoms with Crippen molar-refractivity contribution in [2.45, 2.75) is 6.61 Å². The van der Waals surface area contributed by atoms with E-state index in [-0.39, 0.29) is 5.82 Å². The summed E-state index contributed by atoms with van der Waals surface area (Å²) in [7, 11) is 0. The molecule has 2 rings (SSSR count). The summed E-state index contributed by atoms with van der Waals surface area (Å²) in [5.74, 6) is -0.119. The van der Waals surface area contributed by atoms with E-state index < -0.39 is 5.91 Å². The number of benzene rings is 2. The fourth-order valence-corrected chi connectivity index (χ4v) is 2.51. The van der Waals surface area contributed by atoms with Gasteiger partial charge in [0, 0.05) is 4.70 Å². The van der Waals surface area contributed by atoms with Gasteiger partial charge in [0.2, 0.25) is 0 Å². The Kier molecular flexibility index (Phi) is 6.31. The molecule has 0 aliphatic rings. The highest BCUT2D eigenvalue weighted by molar-refractivity contribution is 8.24. The molecular weight excluding hydrogens is 333 g/mol. The van der Waals surface area contributed by atoms with Crippen LogP contribution in [0.1, 0.15) is 11.1 Å². The van der Waals surface area contributed by atoms with Gasteiger partial charge in [0.05, 0.1) is 4.91 Å². The van der Waals surface area contributed by atoms with E-state index in [1.165, 1.54) is 16.8 Å². The molecule has 0 unspecified atom stereocenters. The van der Waals surface area contributed by atoms with Gasteiger partial charge in [0.1, 0.15) is 18.2 Å². The van der Waals surface area contributed by atoms with Crippen molar-refractivity contribution >= 4 is 40.7 Å². The van der Waals surface area contributed by atoms with Crippen molar-refractivity contribution in [3.8, 4) is 5.75 Å². The summed E-state index contributed by atoms with van der Waals surface area (Å²) in [4.78, 5) is 11.6. The van der Waals surface area contributed by atoms with Gasteiger partial charge in [-0.15, -0.1) is 0 Å². The Morgan fingerprint density at radius 3 is 2.39 bits per heavy atom. The fraction of sp³-hybridized carbons (Fsp3) is 0.0588. The normalized spacial score (nSPS) is 11.1. The average molecular weight is 347 g/mol. The van der Waals surface area contributed by atoms with Gasteiger partial charge in [-0.2, -0.15) is 0 Å². The maximum absolute atomic E-state index is 12.8. The van der Waals surface area contributed by atoms with Crippen LogP contribution in [0.3, 0.4) is 0 Å². The minimum atomic E-state index is -0.521. The molecule has 0 radical (unpaired) electrons. The number of carbonyl (C=O) groups is 1. The average Bonchev–Trinajstić information content (AvgIpc) is 2.55. The molecule has 3 nitrogen and oxygen atoms in total. The maximum Gasteiger partial charge on any atom is 0.255 e. The third-order valence-electron chi connectivity index (χ3n) is 2.91. The third kappa shape index (κ3) is 5.50. The second-order valence-corrected chi connectivity index (χ2v) is 6.02. The Balaban J connectivity index is 2.01. The van der Waals surface area contributed by atoms with Crippen molar-refractivity contribution in [2.24, 2.45) is 5.73 Å². The second kappa shape index (κ2) is 8.45. The highest BCUT2D eigenvalue weighted by Crippen LogP contribution is 2.20. The molecular formula is C17H14FNO2S2. The van der Waals surface area contributed by atoms with Gasteiger partial charge in [0.15, 0.2) is 0 Å². The van der Waals surface area contributed by atoms with Crippen molar-refractivity contribution in [1.29, 1.82) is 0 Å². The van der Waals surface area contributed by atoms with Crippen LogP contribution in [0.4, 0.5) is 4.39 Å². The number of halogens is 1. The summed E-state index contributed by atoms with van der Waals surface area (Å²) in [6.45, 7) is 0.350. The molecule has 0 aliphatic carbocycles. The molecule has 1 amide bonds. The fourth-order valence-electron chi connectivity index (χ4n) is 1.77. The van der Waals surface area contributed by atoms with Crippen LogP contribution in [-0.2, 0) is 11.4 Å². The number of primary amides is 1. The highest BCUT2D eigenvalue weighted by atomic mass is 32.2. The first-order valence-corrected chi connectivity index (χ1v) is 8.02. The Labute approximate surface area is 143 Å². The first kappa shape index (κ1) is 17.2. The molecule has 0 heterocycles. The summed E-state index contributed by atoms with van der Waals surface area (Å²) >= 11 is 5.83. The smallest absolute Gasteiger partial charge is 0.255 e. The van der Waals surface area contributed by atoms with E-state index in [2.05, 4.69) is 0 Å². The molecule has 6 heteroatoms. The molecule has 0 spiro atoms. The van der Waals surface area contributed by atoms with Gasteiger partial charge < -0.3 is 10.5 Å². The number of hydrogen-bond donors (Lipinski definition) is 1. The van der Waals surface area contributed by atoms with Crippen LogP contribution in [0.25, 0.3) is 6.08 Å². The van der Waals surface area contributed by atoms with Crippen molar-refractivity contribution in [3.05, 3.63) is 70.4 Å². The van der Waals surface area contributed by atoms with Gasteiger partial charge >= 0.3 is 0 Å². The molecule has 0 fully saturated rings. The number of amides is 1. The topological polar surface area (TPSA) is 52.3 Å². The van der Waals surface area contributed by atoms with Gasteiger partial charge in [-0.3, -0.25) is 4.79 Å². The molecule has 0 aromatic heterocycles. The molecule has 0 saturated carbocycles. The van der Waals surface area contributed by atoms with E-state index in [4.69, 9.17) is 22.7 Å². The Hall–Kier alpha value is -2.18. The predicted octanol–water partition coefficient (Wildman–Crippen LogP) is 3.92. The second-order valence-electron chi connectivity index (χ2n) is 4.57. The quantitative estimate of drug-likeness (QED) is 0.609. The molecule has 23 heavy (non-hydrogen) atoms. The molecule has 0 bridgehead atoms. The zero-order valence-corrected chi connectivity index (χ0v) is 13.7. The SMILES string of the molecule is NC(=O)/C(=C/c1ccc(OCc2ccc(F)cc2)cc1)SC=S. The Bertz CT molecular complexity index is 712. The summed E-state index contributed by atoms with van der Waals surface area (Å²) in [6.07, 6.45) is 1.67. The first-order chi connectivity index (χ1) is 11.1. The van der Waals surface area contributed by atoms with Gasteiger partial charge in [-0.1, -0.05) is 48.2 Å². The molecule has 2 aromatic carbocycles. The van der Waals surface area contributed by atoms with Crippen LogP contribution in [0.15, 0.2) is 53.4 Å². The zero-order valence-electron chi connectivity index (χ0n) is 12.1. The molecule has 2 aromatic rings. The van der Waals surface area contributed by atoms with E-state index in [1.54, 1.807) is 30.3 Å². The summed E-state index contributed by atoms with van der Waals surface area (Å²) in [5, 5.41) is 0. The minimum Gasteiger partial charge on any atom is -0.489 e. The van der Waals surface area contributed by atoms with Crippen LogP contribution in [0, 0.1) is 5.82 Å². The Morgan fingerprint density at radius 1 is 1.17 bits per heavy atom. The van der Waals surface area contributed by atoms with Crippen molar-refractivity contribution in [2.75, 3.05) is 0 Å². The number of thioether (sulfide) groups is 1. The molecule has 118 valence electrons. The predicted molar refractivity (Wildman–Crippen MR) is 95.6 cm³/mol. The number of ether oxygens (including phenoxy) is 1. The Morgan fingerprint density at radius 2 is 1.83 bits per heavy atom. The van der Waals surface area contributed by atoms with Crippen LogP contribution >= 0.6 is 24.0 Å². The minimum absolute atomic E-state index is 0.274. The van der Waals surface area contributed by atoms with E-state index in [0.717, 1.165) is 22.9 Å². The molecule has 2 N–H and O–H groups in total. The zero-order chi connectivity index (χ0) is 16.7. The third-order valence-corrected chi connectivity index (χ3v) is 3.87. The lowest BCUT2D eigenvalue weighted by molar-refractivity contribution is -0.113. The van der Waals surface area contributed by atoms with Gasteiger partial charge in [0.25, 0.3) is 5.91 Å². The summed E-state index contributed by atoms with van der Waals surface area (Å²) in [5.41, 5.74) is 6.97. The lowest BCUT2D eigenvalue weighted by Crippen LogP contribution is -2.11. The van der Waals surface area contributed by atoms with Gasteiger partial charge in [-0.25, -0.2) is 4.39 Å². The van der Waals surface area contributed by atoms with Crippen molar-refractivity contribution in [3.63, 3.8) is 0 Å². The van der Waals surface area contributed by atoms with E-state index in [0.29, 0.717) is 17.3 Å². The van der Waals surface area contributed by atoms with Gasteiger partial charge in [-0.05, 0) is 41.5 Å². The molecule has 0 saturated heterocycles. The van der Waals surface area contributed by atoms with E-state index >= 15 is 0 Å². The summed E-state index contributed by atoms with van der Waals surface area (Å²) < 4.78 is 19.8. The largest absolute Gasteiger partial charge is 0.489 e. The lowest BCUT2D eigenvalue weighted by Gasteiger charge is -2.07. The number of nitrogens with two attached hydrogens (primary N) is 1. The van der Waals surface area contributed by atoms with Crippen LogP contribution < -0.4 is 10.5 Å². The number of hydrogen-bond acceptors (Lipinski definition) is 4. The first-order valence-electron chi connectivity index (χ1n) is 6.67. The number of carbonyl (C=O) groups excluding carboxylic acids is 1. The van der Waals surface area contributed by atoms with Crippen LogP contribution in [0.5, 0.6) is 5.75 Å². The van der Waals surface area contributed by atoms with Crippen LogP contribution in [0.2, 0.25) is 0 Å². The maximum atomic E-state index is 12.8. The van der Waals surface area contributed by atoms with Crippen LogP contribution in [-0.4, -0.2) is 10.6 Å². The standard InChI is InChI=1S/C17H14FNO2S2/c18-14-5-1-13(2-6-14)10-21-15-7-3-12(4-8-15)9-16(17(19)20)23-11-22/h1-9,11H,10H2,(H2,19,20)/b16-9-. The molecule has 0 atom stereocenters. The van der Waals surface area contributed by atoms with E-state index in [9.17, 15) is 9.18 Å². The van der Waals surface area contributed by atoms with Crippen molar-refractivity contribution in [1.82, 2.24) is 0 Å². The lowest BCUT2D eigenvalue weighted by atomic mass is 10.2. The van der Waals surface area contributed by atoms with E-state index in [1.807, 2.05) is 12.1 Å². The highest BCUT2D eigenvalue weighted by Gasteiger charge is 2.04. The number of thiocarbonyl (C=S) groups is 1. The molecule has 0 aliphatic heterocycles. The summed E-state index contributed by atoms with van der Waals surface area (Å²) in [6, 6.07) is 13.3. The van der Waals surface area contributed by atoms with Crippen molar-refractivity contribution < 1.29 is 13.9 Å². The number of rotatable bonds is 7.